The van der Waals surface area contributed by atoms with Crippen molar-refractivity contribution in [3.8, 4) is 0 Å². The lowest BCUT2D eigenvalue weighted by Crippen LogP contribution is -2.34. The molecule has 3 aromatic carbocycles. The number of nitrogens with two attached hydrogens (primary N) is 1. The van der Waals surface area contributed by atoms with Crippen LogP contribution in [0, 0.1) is 0 Å². The Morgan fingerprint density at radius 3 is 2.31 bits per heavy atom. The third-order valence-electron chi connectivity index (χ3n) is 6.24. The largest absolute Gasteiger partial charge is 0.768 e. The minimum Gasteiger partial charge on any atom is -0.768 e. The molecule has 3 aromatic rings. The highest BCUT2D eigenvalue weighted by Crippen LogP contribution is 2.23. The molecule has 3 amide bonds. The Kier molecular flexibility index (Phi) is 11.6. The van der Waals surface area contributed by atoms with Crippen molar-refractivity contribution in [3.63, 3.8) is 0 Å². The molecule has 0 aliphatic rings. The third-order valence-corrected chi connectivity index (χ3v) is 7.00. The first kappa shape index (κ1) is 34.5. The van der Waals surface area contributed by atoms with Gasteiger partial charge in [-0.1, -0.05) is 30.3 Å². The zero-order chi connectivity index (χ0) is 33.3. The average Bonchev–Trinajstić information content (AvgIpc) is 2.95. The van der Waals surface area contributed by atoms with Gasteiger partial charge in [-0.15, -0.1) is 0 Å². The molecule has 240 valence electrons. The van der Waals surface area contributed by atoms with Crippen LogP contribution in [0.5, 0.6) is 0 Å². The van der Waals surface area contributed by atoms with Gasteiger partial charge in [0.05, 0.1) is 6.61 Å². The molecule has 45 heavy (non-hydrogen) atoms. The molecular weight excluding hydrogens is 604 g/mol. The first-order valence-electron chi connectivity index (χ1n) is 13.7. The van der Waals surface area contributed by atoms with Crippen molar-refractivity contribution in [2.45, 2.75) is 50.3 Å². The molecule has 0 fully saturated rings. The minimum absolute atomic E-state index is 0.00258. The Bertz CT molecular complexity index is 1570. The summed E-state index contributed by atoms with van der Waals surface area (Å²) < 4.78 is 34.0. The number of ether oxygens (including phenoxy) is 2. The molecule has 2 atom stereocenters. The van der Waals surface area contributed by atoms with Gasteiger partial charge in [-0.05, 0) is 84.9 Å². The lowest BCUT2D eigenvalue weighted by Gasteiger charge is -2.25. The van der Waals surface area contributed by atoms with E-state index in [1.165, 1.54) is 42.3 Å². The summed E-state index contributed by atoms with van der Waals surface area (Å²) in [6.07, 6.45) is -1.08. The van der Waals surface area contributed by atoms with E-state index >= 15 is 0 Å². The van der Waals surface area contributed by atoms with Gasteiger partial charge < -0.3 is 35.1 Å². The Labute approximate surface area is 263 Å². The van der Waals surface area contributed by atoms with Crippen molar-refractivity contribution >= 4 is 46.5 Å². The lowest BCUT2D eigenvalue weighted by molar-refractivity contribution is -0.138. The molecule has 0 bridgehead atoms. The van der Waals surface area contributed by atoms with Gasteiger partial charge in [-0.3, -0.25) is 14.3 Å². The second-order valence-electron chi connectivity index (χ2n) is 11.0. The van der Waals surface area contributed by atoms with Gasteiger partial charge in [0.15, 0.2) is 6.04 Å². The number of rotatable bonds is 12. The maximum atomic E-state index is 12.4. The highest BCUT2D eigenvalue weighted by atomic mass is 32.2. The van der Waals surface area contributed by atoms with Crippen LogP contribution in [0.3, 0.4) is 0 Å². The molecule has 2 unspecified atom stereocenters. The average molecular weight is 640 g/mol. The SMILES string of the molecule is CN(Cc1cc(NC(=O)OCCc2ccc(C(Nc3cccc(C(N)=O)c3)C(=O)O)cc2)ccc1S(=O)[O-])C(=O)OC(C)(C)C. The van der Waals surface area contributed by atoms with Crippen LogP contribution in [0.15, 0.2) is 71.6 Å². The summed E-state index contributed by atoms with van der Waals surface area (Å²) in [5.41, 5.74) is 7.00. The Hall–Kier alpha value is -4.95. The van der Waals surface area contributed by atoms with Gasteiger partial charge in [0.25, 0.3) is 0 Å². The van der Waals surface area contributed by atoms with Crippen LogP contribution < -0.4 is 16.4 Å². The van der Waals surface area contributed by atoms with Crippen LogP contribution in [0.4, 0.5) is 21.0 Å². The molecule has 0 aliphatic carbocycles. The van der Waals surface area contributed by atoms with Crippen molar-refractivity contribution in [1.29, 1.82) is 0 Å². The van der Waals surface area contributed by atoms with E-state index in [9.17, 15) is 33.0 Å². The monoisotopic (exact) mass is 639 g/mol. The van der Waals surface area contributed by atoms with Gasteiger partial charge in [-0.25, -0.2) is 14.4 Å². The maximum absolute atomic E-state index is 12.4. The molecule has 3 rings (SSSR count). The minimum atomic E-state index is -2.58. The molecule has 13 nitrogen and oxygen atoms in total. The van der Waals surface area contributed by atoms with Crippen molar-refractivity contribution in [2.75, 3.05) is 24.3 Å². The van der Waals surface area contributed by atoms with E-state index < -0.39 is 46.8 Å². The third kappa shape index (κ3) is 10.6. The number of primary amides is 1. The maximum Gasteiger partial charge on any atom is 0.411 e. The van der Waals surface area contributed by atoms with Crippen molar-refractivity contribution in [1.82, 2.24) is 4.90 Å². The van der Waals surface area contributed by atoms with E-state index in [-0.39, 0.29) is 34.9 Å². The van der Waals surface area contributed by atoms with E-state index in [4.69, 9.17) is 15.2 Å². The first-order chi connectivity index (χ1) is 21.1. The quantitative estimate of drug-likeness (QED) is 0.206. The molecule has 5 N–H and O–H groups in total. The van der Waals surface area contributed by atoms with E-state index in [0.717, 1.165) is 5.56 Å². The summed E-state index contributed by atoms with van der Waals surface area (Å²) in [7, 11) is 1.47. The van der Waals surface area contributed by atoms with Gasteiger partial charge in [0.2, 0.25) is 5.91 Å². The van der Waals surface area contributed by atoms with Gasteiger partial charge in [0, 0.05) is 41.8 Å². The summed E-state index contributed by atoms with van der Waals surface area (Å²) in [6.45, 7) is 5.06. The zero-order valence-corrected chi connectivity index (χ0v) is 26.0. The second kappa shape index (κ2) is 15.2. The number of aliphatic carboxylic acids is 1. The molecule has 0 saturated carbocycles. The molecule has 0 aromatic heterocycles. The van der Waals surface area contributed by atoms with Gasteiger partial charge >= 0.3 is 18.2 Å². The highest BCUT2D eigenvalue weighted by molar-refractivity contribution is 7.79. The van der Waals surface area contributed by atoms with Crippen molar-refractivity contribution < 1.29 is 42.5 Å². The number of anilines is 2. The molecule has 0 aliphatic heterocycles. The fourth-order valence-electron chi connectivity index (χ4n) is 4.11. The van der Waals surface area contributed by atoms with Gasteiger partial charge in [-0.2, -0.15) is 0 Å². The van der Waals surface area contributed by atoms with Crippen LogP contribution in [0.25, 0.3) is 0 Å². The van der Waals surface area contributed by atoms with Crippen LogP contribution >= 0.6 is 0 Å². The van der Waals surface area contributed by atoms with Crippen molar-refractivity contribution in [2.24, 2.45) is 5.73 Å². The number of nitrogens with zero attached hydrogens (tertiary/aromatic N) is 1. The molecule has 0 heterocycles. The van der Waals surface area contributed by atoms with Crippen LogP contribution in [-0.2, 0) is 38.3 Å². The Balaban J connectivity index is 1.58. The summed E-state index contributed by atoms with van der Waals surface area (Å²) >= 11 is -2.58. The molecular formula is C31H35N4O9S-. The number of amides is 3. The molecule has 0 saturated heterocycles. The number of benzene rings is 3. The van der Waals surface area contributed by atoms with E-state index in [0.29, 0.717) is 17.7 Å². The molecule has 14 heteroatoms. The van der Waals surface area contributed by atoms with Crippen LogP contribution in [0.1, 0.15) is 53.9 Å². The molecule has 0 radical (unpaired) electrons. The van der Waals surface area contributed by atoms with E-state index in [1.54, 1.807) is 57.2 Å². The normalized spacial score (nSPS) is 12.4. The summed E-state index contributed by atoms with van der Waals surface area (Å²) in [5, 5.41) is 15.2. The summed E-state index contributed by atoms with van der Waals surface area (Å²) in [6, 6.07) is 16.0. The van der Waals surface area contributed by atoms with Crippen LogP contribution in [-0.4, -0.2) is 62.1 Å². The fourth-order valence-corrected chi connectivity index (χ4v) is 4.63. The highest BCUT2D eigenvalue weighted by Gasteiger charge is 2.22. The smallest absolute Gasteiger partial charge is 0.411 e. The summed E-state index contributed by atoms with van der Waals surface area (Å²) in [5.74, 6) is -1.75. The number of carboxylic acids is 1. The Morgan fingerprint density at radius 1 is 1.02 bits per heavy atom. The number of nitrogens with one attached hydrogen (secondary N) is 2. The number of carboxylic acid groups (broad SMARTS) is 1. The topological polar surface area (TPSA) is 200 Å². The summed E-state index contributed by atoms with van der Waals surface area (Å²) in [4.78, 5) is 49.4. The number of carbonyl (C=O) groups is 4. The predicted molar refractivity (Wildman–Crippen MR) is 165 cm³/mol. The Morgan fingerprint density at radius 2 is 1.71 bits per heavy atom. The number of hydrogen-bond acceptors (Lipinski definition) is 9. The number of carbonyl (C=O) groups excluding carboxylic acids is 3. The van der Waals surface area contributed by atoms with Crippen molar-refractivity contribution in [3.05, 3.63) is 89.0 Å². The molecule has 0 spiro atoms. The van der Waals surface area contributed by atoms with Gasteiger partial charge in [0.1, 0.15) is 5.60 Å². The zero-order valence-electron chi connectivity index (χ0n) is 25.2. The van der Waals surface area contributed by atoms with E-state index in [2.05, 4.69) is 10.6 Å². The first-order valence-corrected chi connectivity index (χ1v) is 14.8. The standard InChI is InChI=1S/C31H36N4O9S/c1-31(2,3)44-30(40)35(4)18-22-17-24(12-13-25(22)45(41)42)34-29(39)43-15-14-19-8-10-20(11-9-19)26(28(37)38)33-23-7-5-6-21(16-23)27(32)36/h5-13,16-17,26,33H,14-15,18H2,1-4H3,(H2,32,36)(H,34,39)(H,37,38)(H,41,42)/p-1. The lowest BCUT2D eigenvalue weighted by atomic mass is 10.0. The van der Waals surface area contributed by atoms with Crippen LogP contribution in [0.2, 0.25) is 0 Å². The second-order valence-corrected chi connectivity index (χ2v) is 11.9. The van der Waals surface area contributed by atoms with E-state index in [1.807, 2.05) is 0 Å². The predicted octanol–water partition coefficient (Wildman–Crippen LogP) is 4.42. The fraction of sp³-hybridized carbons (Fsp3) is 0.290. The number of hydrogen-bond donors (Lipinski definition) is 4.